The lowest BCUT2D eigenvalue weighted by Gasteiger charge is -2.04. The number of epoxide rings is 1. The largest absolute Gasteiger partial charge is 0.490 e. The molecule has 3 aromatic rings. The molecule has 0 saturated carbocycles. The number of aromatic nitrogens is 1. The standard InChI is InChI=1S/C15H13NO3S/c1-9-6-16-15(19-9)14-5-11-12(18-8-10-7-17-10)3-2-4-13(11)20-14/h2-6,10H,7-8H2,1H3/t10-/m0/s1. The highest BCUT2D eigenvalue weighted by Gasteiger charge is 2.23. The van der Waals surface area contributed by atoms with Gasteiger partial charge in [0.25, 0.3) is 0 Å². The maximum absolute atomic E-state index is 5.83. The predicted octanol–water partition coefficient (Wildman–Crippen LogP) is 3.64. The monoisotopic (exact) mass is 287 g/mol. The summed E-state index contributed by atoms with van der Waals surface area (Å²) >= 11 is 1.66. The highest BCUT2D eigenvalue weighted by molar-refractivity contribution is 7.22. The van der Waals surface area contributed by atoms with Gasteiger partial charge in [-0.1, -0.05) is 6.07 Å². The van der Waals surface area contributed by atoms with E-state index in [0.29, 0.717) is 12.5 Å². The van der Waals surface area contributed by atoms with Gasteiger partial charge in [0.1, 0.15) is 24.2 Å². The number of aryl methyl sites for hydroxylation is 1. The lowest BCUT2D eigenvalue weighted by molar-refractivity contribution is 0.265. The van der Waals surface area contributed by atoms with Crippen LogP contribution in [-0.4, -0.2) is 24.3 Å². The van der Waals surface area contributed by atoms with Crippen molar-refractivity contribution >= 4 is 21.4 Å². The maximum Gasteiger partial charge on any atom is 0.236 e. The summed E-state index contributed by atoms with van der Waals surface area (Å²) in [6.07, 6.45) is 2.00. The molecule has 0 amide bonds. The van der Waals surface area contributed by atoms with E-state index in [1.54, 1.807) is 17.5 Å². The van der Waals surface area contributed by atoms with E-state index >= 15 is 0 Å². The molecule has 1 aliphatic heterocycles. The Kier molecular flexibility index (Phi) is 2.75. The number of oxazole rings is 1. The molecular formula is C15H13NO3S. The minimum absolute atomic E-state index is 0.262. The van der Waals surface area contributed by atoms with Gasteiger partial charge in [0.05, 0.1) is 17.7 Å². The van der Waals surface area contributed by atoms with Gasteiger partial charge < -0.3 is 13.9 Å². The summed E-state index contributed by atoms with van der Waals surface area (Å²) in [6.45, 7) is 3.32. The maximum atomic E-state index is 5.83. The second-order valence-corrected chi connectivity index (χ2v) is 5.90. The van der Waals surface area contributed by atoms with Gasteiger partial charge in [0.15, 0.2) is 0 Å². The molecule has 4 rings (SSSR count). The summed E-state index contributed by atoms with van der Waals surface area (Å²) in [4.78, 5) is 5.30. The minimum Gasteiger partial charge on any atom is -0.490 e. The molecule has 2 aromatic heterocycles. The molecule has 1 atom stereocenters. The molecule has 4 nitrogen and oxygen atoms in total. The van der Waals surface area contributed by atoms with Gasteiger partial charge in [-0.05, 0) is 25.1 Å². The lowest BCUT2D eigenvalue weighted by atomic mass is 10.2. The highest BCUT2D eigenvalue weighted by atomic mass is 32.1. The van der Waals surface area contributed by atoms with E-state index in [2.05, 4.69) is 17.1 Å². The molecule has 1 aliphatic rings. The van der Waals surface area contributed by atoms with Crippen LogP contribution in [-0.2, 0) is 4.74 Å². The average molecular weight is 287 g/mol. The molecule has 1 saturated heterocycles. The van der Waals surface area contributed by atoms with Crippen molar-refractivity contribution in [1.29, 1.82) is 0 Å². The summed E-state index contributed by atoms with van der Waals surface area (Å²) in [6, 6.07) is 8.16. The summed E-state index contributed by atoms with van der Waals surface area (Å²) in [5.41, 5.74) is 0. The fourth-order valence-corrected chi connectivity index (χ4v) is 3.09. The first-order valence-corrected chi connectivity index (χ1v) is 7.31. The SMILES string of the molecule is Cc1cnc(-c2cc3c(OC[C@@H]4CO4)cccc3s2)o1. The molecule has 5 heteroatoms. The van der Waals surface area contributed by atoms with Crippen molar-refractivity contribution in [3.05, 3.63) is 36.2 Å². The van der Waals surface area contributed by atoms with Gasteiger partial charge in [0.2, 0.25) is 5.89 Å². The Morgan fingerprint density at radius 1 is 1.45 bits per heavy atom. The number of nitrogens with zero attached hydrogens (tertiary/aromatic N) is 1. The first-order chi connectivity index (χ1) is 9.79. The number of rotatable bonds is 4. The van der Waals surface area contributed by atoms with Gasteiger partial charge in [0, 0.05) is 10.1 Å². The molecule has 0 radical (unpaired) electrons. The molecule has 102 valence electrons. The van der Waals surface area contributed by atoms with Crippen LogP contribution in [0, 0.1) is 6.92 Å². The van der Waals surface area contributed by atoms with Crippen LogP contribution in [0.5, 0.6) is 5.75 Å². The van der Waals surface area contributed by atoms with Gasteiger partial charge in [-0.2, -0.15) is 0 Å². The van der Waals surface area contributed by atoms with Crippen LogP contribution in [0.2, 0.25) is 0 Å². The van der Waals surface area contributed by atoms with E-state index < -0.39 is 0 Å². The number of fused-ring (bicyclic) bond motifs is 1. The predicted molar refractivity (Wildman–Crippen MR) is 77.3 cm³/mol. The third-order valence-corrected chi connectivity index (χ3v) is 4.27. The summed E-state index contributed by atoms with van der Waals surface area (Å²) < 4.78 is 17.8. The molecule has 0 bridgehead atoms. The van der Waals surface area contributed by atoms with E-state index in [4.69, 9.17) is 13.9 Å². The summed E-state index contributed by atoms with van der Waals surface area (Å²) in [5, 5.41) is 1.10. The van der Waals surface area contributed by atoms with Gasteiger partial charge >= 0.3 is 0 Å². The second kappa shape index (κ2) is 4.61. The van der Waals surface area contributed by atoms with Gasteiger partial charge in [-0.3, -0.25) is 0 Å². The number of benzene rings is 1. The zero-order valence-corrected chi connectivity index (χ0v) is 11.8. The fraction of sp³-hybridized carbons (Fsp3) is 0.267. The van der Waals surface area contributed by atoms with Crippen molar-refractivity contribution in [3.8, 4) is 16.5 Å². The highest BCUT2D eigenvalue weighted by Crippen LogP contribution is 2.37. The van der Waals surface area contributed by atoms with Gasteiger partial charge in [-0.15, -0.1) is 11.3 Å². The van der Waals surface area contributed by atoms with Crippen molar-refractivity contribution in [2.24, 2.45) is 0 Å². The van der Waals surface area contributed by atoms with E-state index in [9.17, 15) is 0 Å². The number of ether oxygens (including phenoxy) is 2. The smallest absolute Gasteiger partial charge is 0.236 e. The summed E-state index contributed by atoms with van der Waals surface area (Å²) in [7, 11) is 0. The number of thiophene rings is 1. The van der Waals surface area contributed by atoms with Crippen molar-refractivity contribution in [1.82, 2.24) is 4.98 Å². The van der Waals surface area contributed by atoms with Crippen molar-refractivity contribution in [3.63, 3.8) is 0 Å². The molecule has 0 spiro atoms. The zero-order chi connectivity index (χ0) is 13.5. The van der Waals surface area contributed by atoms with Crippen LogP contribution in [0.3, 0.4) is 0 Å². The Bertz CT molecular complexity index is 757. The Hall–Kier alpha value is -1.85. The number of hydrogen-bond donors (Lipinski definition) is 0. The Balaban J connectivity index is 1.72. The van der Waals surface area contributed by atoms with E-state index in [0.717, 1.165) is 28.4 Å². The van der Waals surface area contributed by atoms with Crippen LogP contribution >= 0.6 is 11.3 Å². The number of hydrogen-bond acceptors (Lipinski definition) is 5. The van der Waals surface area contributed by atoms with Crippen LogP contribution < -0.4 is 4.74 Å². The minimum atomic E-state index is 0.262. The Morgan fingerprint density at radius 3 is 3.10 bits per heavy atom. The third-order valence-electron chi connectivity index (χ3n) is 3.18. The van der Waals surface area contributed by atoms with E-state index in [1.165, 1.54) is 4.70 Å². The fourth-order valence-electron chi connectivity index (χ4n) is 2.08. The molecule has 1 aromatic carbocycles. The normalized spacial score (nSPS) is 17.6. The van der Waals surface area contributed by atoms with E-state index in [1.807, 2.05) is 19.1 Å². The first kappa shape index (κ1) is 11.9. The van der Waals surface area contributed by atoms with Crippen LogP contribution in [0.15, 0.2) is 34.9 Å². The second-order valence-electron chi connectivity index (χ2n) is 4.82. The molecule has 0 aliphatic carbocycles. The Morgan fingerprint density at radius 2 is 2.35 bits per heavy atom. The molecule has 1 fully saturated rings. The van der Waals surface area contributed by atoms with E-state index in [-0.39, 0.29) is 6.10 Å². The quantitative estimate of drug-likeness (QED) is 0.687. The van der Waals surface area contributed by atoms with Crippen LogP contribution in [0.4, 0.5) is 0 Å². The van der Waals surface area contributed by atoms with Crippen molar-refractivity contribution in [2.45, 2.75) is 13.0 Å². The van der Waals surface area contributed by atoms with Crippen LogP contribution in [0.1, 0.15) is 5.76 Å². The molecule has 0 N–H and O–H groups in total. The molecule has 3 heterocycles. The molecular weight excluding hydrogens is 274 g/mol. The van der Waals surface area contributed by atoms with Crippen LogP contribution in [0.25, 0.3) is 20.9 Å². The summed E-state index contributed by atoms with van der Waals surface area (Å²) in [5.74, 6) is 2.38. The zero-order valence-electron chi connectivity index (χ0n) is 11.0. The molecule has 0 unspecified atom stereocenters. The van der Waals surface area contributed by atoms with Crippen molar-refractivity contribution in [2.75, 3.05) is 13.2 Å². The van der Waals surface area contributed by atoms with Crippen molar-refractivity contribution < 1.29 is 13.9 Å². The lowest BCUT2D eigenvalue weighted by Crippen LogP contribution is -2.03. The molecule has 20 heavy (non-hydrogen) atoms. The average Bonchev–Trinajstić information content (AvgIpc) is 3.00. The third kappa shape index (κ3) is 2.19. The van der Waals surface area contributed by atoms with Gasteiger partial charge in [-0.25, -0.2) is 4.98 Å². The first-order valence-electron chi connectivity index (χ1n) is 6.49. The topological polar surface area (TPSA) is 47.8 Å². The Labute approximate surface area is 120 Å².